The molecule has 1 amide bonds. The maximum absolute atomic E-state index is 13.1. The van der Waals surface area contributed by atoms with Gasteiger partial charge in [0.1, 0.15) is 5.82 Å². The van der Waals surface area contributed by atoms with E-state index < -0.39 is 53.1 Å². The van der Waals surface area contributed by atoms with Crippen LogP contribution in [0.15, 0.2) is 18.2 Å². The number of benzene rings is 1. The normalized spacial score (nSPS) is 11.1. The number of carboxylic acid groups (broad SMARTS) is 1. The van der Waals surface area contributed by atoms with E-state index in [1.807, 2.05) is 0 Å². The van der Waals surface area contributed by atoms with Crippen LogP contribution >= 0.6 is 0 Å². The molecule has 0 atom stereocenters. The molecule has 0 aliphatic heterocycles. The first-order chi connectivity index (χ1) is 10.0. The van der Waals surface area contributed by atoms with Crippen LogP contribution < -0.4 is 5.11 Å². The summed E-state index contributed by atoms with van der Waals surface area (Å²) in [6.07, 6.45) is -5.39. The third-order valence-corrected chi connectivity index (χ3v) is 2.45. The molecule has 0 spiro atoms. The number of nitro groups is 1. The minimum absolute atomic E-state index is 0.225. The highest BCUT2D eigenvalue weighted by Gasteiger charge is 2.42. The van der Waals surface area contributed by atoms with Gasteiger partial charge in [0.25, 0.3) is 5.69 Å². The number of halogens is 4. The maximum atomic E-state index is 13.1. The lowest BCUT2D eigenvalue weighted by molar-refractivity contribution is -0.385. The minimum Gasteiger partial charge on any atom is -0.548 e. The Kier molecular flexibility index (Phi) is 5.02. The summed E-state index contributed by atoms with van der Waals surface area (Å²) >= 11 is 0. The average Bonchev–Trinajstić information content (AvgIpc) is 2.35. The second-order valence-electron chi connectivity index (χ2n) is 4.06. The van der Waals surface area contributed by atoms with Gasteiger partial charge < -0.3 is 14.8 Å². The van der Waals surface area contributed by atoms with Gasteiger partial charge in [0.15, 0.2) is 0 Å². The molecule has 0 heterocycles. The zero-order valence-corrected chi connectivity index (χ0v) is 10.6. The number of hydrogen-bond acceptors (Lipinski definition) is 5. The Balaban J connectivity index is 3.19. The van der Waals surface area contributed by atoms with Gasteiger partial charge in [-0.2, -0.15) is 13.2 Å². The standard InChI is InChI=1S/C11H8F4N2O5/c12-7-1-2-8(17(21)22)6(3-7)4-16(5-9(18)19)10(20)11(13,14)15/h1-3H,4-5H2,(H,18,19)/p-1. The summed E-state index contributed by atoms with van der Waals surface area (Å²) in [5, 5.41) is 21.2. The molecule has 1 rings (SSSR count). The van der Waals surface area contributed by atoms with Crippen LogP contribution in [0.3, 0.4) is 0 Å². The summed E-state index contributed by atoms with van der Waals surface area (Å²) in [5.41, 5.74) is -1.33. The van der Waals surface area contributed by atoms with Crippen molar-refractivity contribution in [2.75, 3.05) is 6.54 Å². The van der Waals surface area contributed by atoms with E-state index in [0.717, 1.165) is 0 Å². The fraction of sp³-hybridized carbons (Fsp3) is 0.273. The molecule has 7 nitrogen and oxygen atoms in total. The van der Waals surface area contributed by atoms with Crippen LogP contribution in [0.1, 0.15) is 5.56 Å². The van der Waals surface area contributed by atoms with Gasteiger partial charge in [0.2, 0.25) is 0 Å². The number of alkyl halides is 3. The first-order valence-corrected chi connectivity index (χ1v) is 5.51. The molecule has 0 aliphatic rings. The van der Waals surface area contributed by atoms with Crippen molar-refractivity contribution in [1.29, 1.82) is 0 Å². The van der Waals surface area contributed by atoms with Crippen LogP contribution in [-0.2, 0) is 16.1 Å². The second-order valence-corrected chi connectivity index (χ2v) is 4.06. The first kappa shape index (κ1) is 17.3. The summed E-state index contributed by atoms with van der Waals surface area (Å²) < 4.78 is 50.2. The molecule has 0 fully saturated rings. The number of hydrogen-bond donors (Lipinski definition) is 0. The Labute approximate surface area is 119 Å². The molecule has 1 aromatic rings. The van der Waals surface area contributed by atoms with E-state index in [0.29, 0.717) is 18.2 Å². The monoisotopic (exact) mass is 323 g/mol. The Morgan fingerprint density at radius 2 is 1.86 bits per heavy atom. The molecule has 0 N–H and O–H groups in total. The summed E-state index contributed by atoms with van der Waals surface area (Å²) in [6, 6.07) is 1.94. The van der Waals surface area contributed by atoms with Crippen molar-refractivity contribution in [2.24, 2.45) is 0 Å². The molecule has 0 bridgehead atoms. The summed E-state index contributed by atoms with van der Waals surface area (Å²) in [4.78, 5) is 31.1. The molecule has 0 saturated heterocycles. The van der Waals surface area contributed by atoms with E-state index in [1.54, 1.807) is 0 Å². The highest BCUT2D eigenvalue weighted by Crippen LogP contribution is 2.24. The number of rotatable bonds is 5. The van der Waals surface area contributed by atoms with Crippen molar-refractivity contribution in [3.63, 3.8) is 0 Å². The van der Waals surface area contributed by atoms with Crippen molar-refractivity contribution in [1.82, 2.24) is 4.90 Å². The van der Waals surface area contributed by atoms with Crippen molar-refractivity contribution in [2.45, 2.75) is 12.7 Å². The Hall–Kier alpha value is -2.72. The van der Waals surface area contributed by atoms with Gasteiger partial charge in [-0.15, -0.1) is 0 Å². The minimum atomic E-state index is -5.39. The van der Waals surface area contributed by atoms with E-state index in [-0.39, 0.29) is 4.90 Å². The van der Waals surface area contributed by atoms with Crippen LogP contribution in [0, 0.1) is 15.9 Å². The van der Waals surface area contributed by atoms with Crippen LogP contribution in [0.5, 0.6) is 0 Å². The fourth-order valence-electron chi connectivity index (χ4n) is 1.60. The number of aliphatic carboxylic acids is 1. The first-order valence-electron chi connectivity index (χ1n) is 5.51. The fourth-order valence-corrected chi connectivity index (χ4v) is 1.60. The van der Waals surface area contributed by atoms with Crippen molar-refractivity contribution >= 4 is 17.6 Å². The van der Waals surface area contributed by atoms with E-state index in [9.17, 15) is 42.4 Å². The molecule has 0 aliphatic carbocycles. The van der Waals surface area contributed by atoms with Crippen molar-refractivity contribution in [3.05, 3.63) is 39.7 Å². The van der Waals surface area contributed by atoms with Gasteiger partial charge >= 0.3 is 12.1 Å². The van der Waals surface area contributed by atoms with Crippen LogP contribution in [0.4, 0.5) is 23.2 Å². The van der Waals surface area contributed by atoms with Crippen molar-refractivity contribution < 1.29 is 37.2 Å². The van der Waals surface area contributed by atoms with Gasteiger partial charge in [0.05, 0.1) is 29.5 Å². The molecule has 1 aromatic carbocycles. The third kappa shape index (κ3) is 4.40. The lowest BCUT2D eigenvalue weighted by Gasteiger charge is -2.24. The van der Waals surface area contributed by atoms with E-state index >= 15 is 0 Å². The zero-order valence-electron chi connectivity index (χ0n) is 10.6. The lowest BCUT2D eigenvalue weighted by atomic mass is 10.1. The molecule has 0 unspecified atom stereocenters. The summed E-state index contributed by atoms with van der Waals surface area (Å²) in [7, 11) is 0. The highest BCUT2D eigenvalue weighted by molar-refractivity contribution is 5.85. The van der Waals surface area contributed by atoms with E-state index in [4.69, 9.17) is 0 Å². The molecule has 0 aromatic heterocycles. The van der Waals surface area contributed by atoms with Crippen LogP contribution in [0.2, 0.25) is 0 Å². The molecule has 0 saturated carbocycles. The molecular weight excluding hydrogens is 316 g/mol. The smallest absolute Gasteiger partial charge is 0.471 e. The second kappa shape index (κ2) is 6.37. The maximum Gasteiger partial charge on any atom is 0.471 e. The number of nitro benzene ring substituents is 1. The molecule has 120 valence electrons. The number of carboxylic acids is 1. The predicted molar refractivity (Wildman–Crippen MR) is 59.5 cm³/mol. The zero-order chi connectivity index (χ0) is 17.1. The topological polar surface area (TPSA) is 104 Å². The SMILES string of the molecule is O=C([O-])CN(Cc1cc(F)ccc1[N+](=O)[O-])C(=O)C(F)(F)F. The number of carbonyl (C=O) groups is 2. The van der Waals surface area contributed by atoms with Gasteiger partial charge in [-0.05, 0) is 12.1 Å². The van der Waals surface area contributed by atoms with Crippen LogP contribution in [0.25, 0.3) is 0 Å². The number of carbonyl (C=O) groups excluding carboxylic acids is 2. The number of nitrogens with zero attached hydrogens (tertiary/aromatic N) is 2. The lowest BCUT2D eigenvalue weighted by Crippen LogP contribution is -2.46. The van der Waals surface area contributed by atoms with Crippen LogP contribution in [-0.4, -0.2) is 34.4 Å². The summed E-state index contributed by atoms with van der Waals surface area (Å²) in [5.74, 6) is -5.53. The van der Waals surface area contributed by atoms with Gasteiger partial charge in [-0.3, -0.25) is 14.9 Å². The van der Waals surface area contributed by atoms with Gasteiger partial charge in [-0.1, -0.05) is 0 Å². The third-order valence-electron chi connectivity index (χ3n) is 2.45. The van der Waals surface area contributed by atoms with Gasteiger partial charge in [0, 0.05) is 6.07 Å². The Bertz CT molecular complexity index is 617. The Morgan fingerprint density at radius 1 is 1.27 bits per heavy atom. The average molecular weight is 323 g/mol. The van der Waals surface area contributed by atoms with Crippen molar-refractivity contribution in [3.8, 4) is 0 Å². The molecule has 0 radical (unpaired) electrons. The highest BCUT2D eigenvalue weighted by atomic mass is 19.4. The summed E-state index contributed by atoms with van der Waals surface area (Å²) in [6.45, 7) is -2.56. The predicted octanol–water partition coefficient (Wildman–Crippen LogP) is 0.375. The van der Waals surface area contributed by atoms with E-state index in [2.05, 4.69) is 0 Å². The molecular formula is C11H7F4N2O5-. The number of amides is 1. The Morgan fingerprint density at radius 3 is 2.32 bits per heavy atom. The van der Waals surface area contributed by atoms with E-state index in [1.165, 1.54) is 0 Å². The largest absolute Gasteiger partial charge is 0.548 e. The quantitative estimate of drug-likeness (QED) is 0.442. The van der Waals surface area contributed by atoms with Gasteiger partial charge in [-0.25, -0.2) is 4.39 Å². The molecule has 22 heavy (non-hydrogen) atoms. The molecule has 11 heteroatoms.